The van der Waals surface area contributed by atoms with E-state index in [2.05, 4.69) is 49.6 Å². The predicted octanol–water partition coefficient (Wildman–Crippen LogP) is 3.83. The average molecular weight is 352 g/mol. The van der Waals surface area contributed by atoms with E-state index in [-0.39, 0.29) is 11.9 Å². The SMILES string of the molecule is Cc1ccc(C)c(NC(=O)[C@@H](c2ccccc2)[NH+](C)C2CCCCC2)c1. The van der Waals surface area contributed by atoms with Crippen LogP contribution in [0, 0.1) is 13.8 Å². The van der Waals surface area contributed by atoms with Crippen LogP contribution in [0.4, 0.5) is 5.69 Å². The first kappa shape index (κ1) is 18.7. The minimum absolute atomic E-state index is 0.0907. The molecule has 2 atom stereocenters. The number of aryl methyl sites for hydroxylation is 2. The minimum Gasteiger partial charge on any atom is -0.321 e. The lowest BCUT2D eigenvalue weighted by atomic mass is 9.92. The van der Waals surface area contributed by atoms with Gasteiger partial charge in [0.2, 0.25) is 0 Å². The second kappa shape index (κ2) is 8.50. The molecule has 26 heavy (non-hydrogen) atoms. The fraction of sp³-hybridized carbons (Fsp3) is 0.435. The van der Waals surface area contributed by atoms with E-state index in [0.717, 1.165) is 22.4 Å². The molecule has 1 saturated carbocycles. The fourth-order valence-corrected chi connectivity index (χ4v) is 4.14. The summed E-state index contributed by atoms with van der Waals surface area (Å²) in [6, 6.07) is 16.8. The zero-order valence-electron chi connectivity index (χ0n) is 16.2. The summed E-state index contributed by atoms with van der Waals surface area (Å²) < 4.78 is 0. The maximum Gasteiger partial charge on any atom is 0.287 e. The third-order valence-corrected chi connectivity index (χ3v) is 5.75. The Morgan fingerprint density at radius 2 is 1.73 bits per heavy atom. The van der Waals surface area contributed by atoms with Gasteiger partial charge in [-0.1, -0.05) is 48.9 Å². The molecule has 2 aromatic carbocycles. The molecule has 1 aliphatic carbocycles. The second-order valence-corrected chi connectivity index (χ2v) is 7.73. The quantitative estimate of drug-likeness (QED) is 0.843. The molecule has 2 aromatic rings. The van der Waals surface area contributed by atoms with Crippen molar-refractivity contribution in [1.29, 1.82) is 0 Å². The van der Waals surface area contributed by atoms with Gasteiger partial charge in [0.25, 0.3) is 5.91 Å². The molecule has 0 aromatic heterocycles. The number of hydrogen-bond donors (Lipinski definition) is 2. The van der Waals surface area contributed by atoms with Gasteiger partial charge in [-0.15, -0.1) is 0 Å². The van der Waals surface area contributed by atoms with Crippen LogP contribution in [0.2, 0.25) is 0 Å². The molecular formula is C23H31N2O+. The Labute approximate surface area is 157 Å². The lowest BCUT2D eigenvalue weighted by Gasteiger charge is -2.33. The zero-order chi connectivity index (χ0) is 18.5. The van der Waals surface area contributed by atoms with Crippen LogP contribution in [0.5, 0.6) is 0 Å². The molecular weight excluding hydrogens is 320 g/mol. The van der Waals surface area contributed by atoms with Gasteiger partial charge in [0.15, 0.2) is 6.04 Å². The van der Waals surface area contributed by atoms with Gasteiger partial charge in [0.1, 0.15) is 0 Å². The fourth-order valence-electron chi connectivity index (χ4n) is 4.14. The van der Waals surface area contributed by atoms with Gasteiger partial charge in [-0.3, -0.25) is 4.79 Å². The van der Waals surface area contributed by atoms with E-state index in [4.69, 9.17) is 0 Å². The number of likely N-dealkylation sites (N-methyl/N-ethyl adjacent to an activating group) is 1. The second-order valence-electron chi connectivity index (χ2n) is 7.73. The molecule has 0 saturated heterocycles. The van der Waals surface area contributed by atoms with Crippen LogP contribution >= 0.6 is 0 Å². The summed E-state index contributed by atoms with van der Waals surface area (Å²) in [7, 11) is 2.19. The summed E-state index contributed by atoms with van der Waals surface area (Å²) >= 11 is 0. The van der Waals surface area contributed by atoms with Crippen LogP contribution < -0.4 is 10.2 Å². The Bertz CT molecular complexity index is 735. The molecule has 3 nitrogen and oxygen atoms in total. The van der Waals surface area contributed by atoms with Crippen molar-refractivity contribution in [3.8, 4) is 0 Å². The highest BCUT2D eigenvalue weighted by Crippen LogP contribution is 2.21. The van der Waals surface area contributed by atoms with Crippen LogP contribution in [-0.4, -0.2) is 19.0 Å². The number of quaternary nitrogens is 1. The van der Waals surface area contributed by atoms with Gasteiger partial charge in [0.05, 0.1) is 13.1 Å². The van der Waals surface area contributed by atoms with Crippen molar-refractivity contribution in [2.24, 2.45) is 0 Å². The van der Waals surface area contributed by atoms with Crippen LogP contribution in [0.25, 0.3) is 0 Å². The summed E-state index contributed by atoms with van der Waals surface area (Å²) in [6.45, 7) is 4.10. The number of carbonyl (C=O) groups excluding carboxylic acids is 1. The molecule has 0 aliphatic heterocycles. The molecule has 1 fully saturated rings. The monoisotopic (exact) mass is 351 g/mol. The summed E-state index contributed by atoms with van der Waals surface area (Å²) in [5.41, 5.74) is 4.28. The van der Waals surface area contributed by atoms with Crippen molar-refractivity contribution in [3.63, 3.8) is 0 Å². The Hall–Kier alpha value is -2.13. The summed E-state index contributed by atoms with van der Waals surface area (Å²) in [5.74, 6) is 0.0907. The van der Waals surface area contributed by atoms with Gasteiger partial charge in [-0.05, 0) is 56.7 Å². The number of carbonyl (C=O) groups is 1. The number of anilines is 1. The molecule has 1 amide bonds. The van der Waals surface area contributed by atoms with Gasteiger partial charge >= 0.3 is 0 Å². The van der Waals surface area contributed by atoms with E-state index in [0.29, 0.717) is 6.04 Å². The number of hydrogen-bond acceptors (Lipinski definition) is 1. The number of rotatable bonds is 5. The molecule has 2 N–H and O–H groups in total. The van der Waals surface area contributed by atoms with Gasteiger partial charge < -0.3 is 10.2 Å². The molecule has 138 valence electrons. The topological polar surface area (TPSA) is 33.5 Å². The Balaban J connectivity index is 1.87. The van der Waals surface area contributed by atoms with Crippen molar-refractivity contribution >= 4 is 11.6 Å². The third kappa shape index (κ3) is 4.34. The highest BCUT2D eigenvalue weighted by Gasteiger charge is 2.34. The van der Waals surface area contributed by atoms with Crippen LogP contribution in [0.3, 0.4) is 0 Å². The first-order valence-corrected chi connectivity index (χ1v) is 9.82. The Kier molecular flexibility index (Phi) is 6.10. The largest absolute Gasteiger partial charge is 0.321 e. The van der Waals surface area contributed by atoms with E-state index in [9.17, 15) is 4.79 Å². The lowest BCUT2D eigenvalue weighted by molar-refractivity contribution is -0.928. The maximum absolute atomic E-state index is 13.3. The van der Waals surface area contributed by atoms with E-state index in [1.54, 1.807) is 0 Å². The van der Waals surface area contributed by atoms with E-state index < -0.39 is 0 Å². The molecule has 3 heteroatoms. The molecule has 0 heterocycles. The van der Waals surface area contributed by atoms with Gasteiger partial charge in [0, 0.05) is 11.3 Å². The van der Waals surface area contributed by atoms with Crippen molar-refractivity contribution in [2.75, 3.05) is 12.4 Å². The molecule has 3 rings (SSSR count). The van der Waals surface area contributed by atoms with Crippen molar-refractivity contribution in [2.45, 2.75) is 58.0 Å². The molecule has 0 bridgehead atoms. The normalized spacial score (nSPS) is 17.5. The zero-order valence-corrected chi connectivity index (χ0v) is 16.2. The van der Waals surface area contributed by atoms with Crippen LogP contribution in [0.1, 0.15) is 54.8 Å². The highest BCUT2D eigenvalue weighted by molar-refractivity contribution is 5.95. The van der Waals surface area contributed by atoms with E-state index in [1.807, 2.05) is 25.1 Å². The van der Waals surface area contributed by atoms with Gasteiger partial charge in [-0.25, -0.2) is 0 Å². The maximum atomic E-state index is 13.3. The van der Waals surface area contributed by atoms with Crippen LogP contribution in [-0.2, 0) is 4.79 Å². The Morgan fingerprint density at radius 1 is 1.04 bits per heavy atom. The van der Waals surface area contributed by atoms with Crippen molar-refractivity contribution in [1.82, 2.24) is 0 Å². The third-order valence-electron chi connectivity index (χ3n) is 5.75. The number of benzene rings is 2. The van der Waals surface area contributed by atoms with Crippen LogP contribution in [0.15, 0.2) is 48.5 Å². The summed E-state index contributed by atoms with van der Waals surface area (Å²) in [5, 5.41) is 3.21. The van der Waals surface area contributed by atoms with Crippen molar-refractivity contribution in [3.05, 3.63) is 65.2 Å². The molecule has 1 aliphatic rings. The van der Waals surface area contributed by atoms with Gasteiger partial charge in [-0.2, -0.15) is 0 Å². The minimum atomic E-state index is -0.181. The average Bonchev–Trinajstić information content (AvgIpc) is 2.66. The molecule has 1 unspecified atom stereocenters. The first-order chi connectivity index (χ1) is 12.6. The predicted molar refractivity (Wildman–Crippen MR) is 107 cm³/mol. The summed E-state index contributed by atoms with van der Waals surface area (Å²) in [6.07, 6.45) is 6.32. The Morgan fingerprint density at radius 3 is 2.42 bits per heavy atom. The first-order valence-electron chi connectivity index (χ1n) is 9.82. The van der Waals surface area contributed by atoms with E-state index >= 15 is 0 Å². The number of nitrogens with one attached hydrogen (secondary N) is 2. The smallest absolute Gasteiger partial charge is 0.287 e. The number of amides is 1. The molecule has 0 radical (unpaired) electrons. The van der Waals surface area contributed by atoms with Crippen molar-refractivity contribution < 1.29 is 9.69 Å². The van der Waals surface area contributed by atoms with E-state index in [1.165, 1.54) is 37.0 Å². The standard InChI is InChI=1S/C23H30N2O/c1-17-14-15-18(2)21(16-17)24-23(26)22(19-10-6-4-7-11-19)25(3)20-12-8-5-9-13-20/h4,6-7,10-11,14-16,20,22H,5,8-9,12-13H2,1-3H3,(H,24,26)/p+1/t22-/m1/s1. The molecule has 0 spiro atoms. The summed E-state index contributed by atoms with van der Waals surface area (Å²) in [4.78, 5) is 14.6. The highest BCUT2D eigenvalue weighted by atomic mass is 16.2. The lowest BCUT2D eigenvalue weighted by Crippen LogP contribution is -3.14.